The normalized spacial score (nSPS) is 14.8. The summed E-state index contributed by atoms with van der Waals surface area (Å²) in [6.07, 6.45) is -0.0343. The molecular formula is C7H10O5. The van der Waals surface area contributed by atoms with Gasteiger partial charge in [0.05, 0.1) is 0 Å². The quantitative estimate of drug-likeness (QED) is 0.467. The fraction of sp³-hybridized carbons (Fsp3) is 0.571. The molecule has 0 aromatic heterocycles. The van der Waals surface area contributed by atoms with Crippen molar-refractivity contribution in [1.82, 2.24) is 0 Å². The lowest BCUT2D eigenvalue weighted by atomic mass is 9.83. The summed E-state index contributed by atoms with van der Waals surface area (Å²) in [4.78, 5) is 31.6. The predicted molar refractivity (Wildman–Crippen MR) is 38.7 cm³/mol. The van der Waals surface area contributed by atoms with E-state index >= 15 is 0 Å². The lowest BCUT2D eigenvalue weighted by molar-refractivity contribution is -0.163. The van der Waals surface area contributed by atoms with Gasteiger partial charge in [0, 0.05) is 0 Å². The van der Waals surface area contributed by atoms with Crippen LogP contribution in [-0.2, 0) is 14.4 Å². The van der Waals surface area contributed by atoms with Gasteiger partial charge in [-0.1, -0.05) is 6.92 Å². The number of Topliss-reactive ketones (excluding diaryl/α,β-unsaturated/α-hetero) is 1. The van der Waals surface area contributed by atoms with Crippen LogP contribution in [0.5, 0.6) is 0 Å². The highest BCUT2D eigenvalue weighted by atomic mass is 16.4. The number of hydrogen-bond donors (Lipinski definition) is 2. The molecule has 0 aliphatic carbocycles. The first-order valence-electron chi connectivity index (χ1n) is 3.37. The van der Waals surface area contributed by atoms with Gasteiger partial charge in [0.15, 0.2) is 0 Å². The van der Waals surface area contributed by atoms with Crippen molar-refractivity contribution in [3.8, 4) is 0 Å². The molecule has 0 aliphatic rings. The SMILES string of the molecule is CCC(C)(C(=O)O)C(=O)C(=O)O. The van der Waals surface area contributed by atoms with Crippen molar-refractivity contribution in [3.05, 3.63) is 0 Å². The minimum atomic E-state index is -1.80. The number of carboxylic acid groups (broad SMARTS) is 2. The van der Waals surface area contributed by atoms with E-state index in [1.165, 1.54) is 6.92 Å². The van der Waals surface area contributed by atoms with Crippen molar-refractivity contribution in [2.24, 2.45) is 5.41 Å². The third-order valence-electron chi connectivity index (χ3n) is 1.87. The molecule has 0 aliphatic heterocycles. The third kappa shape index (κ3) is 1.61. The van der Waals surface area contributed by atoms with Gasteiger partial charge in [-0.15, -0.1) is 0 Å². The Kier molecular flexibility index (Phi) is 2.95. The van der Waals surface area contributed by atoms with E-state index in [1.54, 1.807) is 0 Å². The molecule has 0 radical (unpaired) electrons. The molecule has 0 amide bonds. The van der Waals surface area contributed by atoms with E-state index in [0.717, 1.165) is 6.92 Å². The van der Waals surface area contributed by atoms with Crippen LogP contribution in [-0.4, -0.2) is 27.9 Å². The molecule has 1 unspecified atom stereocenters. The number of rotatable bonds is 4. The first-order chi connectivity index (χ1) is 5.36. The predicted octanol–water partition coefficient (Wildman–Crippen LogP) is 0.141. The van der Waals surface area contributed by atoms with Crippen molar-refractivity contribution in [2.75, 3.05) is 0 Å². The summed E-state index contributed by atoms with van der Waals surface area (Å²) in [6, 6.07) is 0. The average molecular weight is 174 g/mol. The molecule has 0 aromatic carbocycles. The Morgan fingerprint density at radius 3 is 1.75 bits per heavy atom. The fourth-order valence-electron chi connectivity index (χ4n) is 0.645. The zero-order valence-electron chi connectivity index (χ0n) is 6.83. The molecule has 0 bridgehead atoms. The van der Waals surface area contributed by atoms with Crippen molar-refractivity contribution >= 4 is 17.7 Å². The molecule has 12 heavy (non-hydrogen) atoms. The number of carbonyl (C=O) groups is 3. The Balaban J connectivity index is 4.89. The molecule has 0 spiro atoms. The maximum atomic E-state index is 10.9. The number of carbonyl (C=O) groups excluding carboxylic acids is 1. The van der Waals surface area contributed by atoms with Gasteiger partial charge in [0.1, 0.15) is 5.41 Å². The molecule has 68 valence electrons. The molecule has 0 fully saturated rings. The van der Waals surface area contributed by atoms with E-state index in [4.69, 9.17) is 10.2 Å². The smallest absolute Gasteiger partial charge is 0.373 e. The molecule has 2 N–H and O–H groups in total. The Bertz CT molecular complexity index is 232. The molecule has 0 heterocycles. The van der Waals surface area contributed by atoms with Crippen molar-refractivity contribution in [2.45, 2.75) is 20.3 Å². The lowest BCUT2D eigenvalue weighted by Crippen LogP contribution is -2.40. The van der Waals surface area contributed by atoms with Crippen LogP contribution in [0.25, 0.3) is 0 Å². The van der Waals surface area contributed by atoms with Gasteiger partial charge in [-0.3, -0.25) is 9.59 Å². The highest BCUT2D eigenvalue weighted by molar-refractivity contribution is 6.38. The maximum absolute atomic E-state index is 10.9. The molecule has 0 rings (SSSR count). The van der Waals surface area contributed by atoms with Gasteiger partial charge in [-0.2, -0.15) is 0 Å². The van der Waals surface area contributed by atoms with E-state index in [-0.39, 0.29) is 6.42 Å². The minimum absolute atomic E-state index is 0.0343. The molecule has 5 heteroatoms. The van der Waals surface area contributed by atoms with Crippen LogP contribution in [0.15, 0.2) is 0 Å². The number of ketones is 1. The Morgan fingerprint density at radius 1 is 1.25 bits per heavy atom. The van der Waals surface area contributed by atoms with Crippen molar-refractivity contribution in [3.63, 3.8) is 0 Å². The Morgan fingerprint density at radius 2 is 1.67 bits per heavy atom. The van der Waals surface area contributed by atoms with Gasteiger partial charge >= 0.3 is 11.9 Å². The van der Waals surface area contributed by atoms with Crippen LogP contribution in [0.4, 0.5) is 0 Å². The Labute approximate surface area is 69.0 Å². The molecule has 0 saturated carbocycles. The molecule has 5 nitrogen and oxygen atoms in total. The lowest BCUT2D eigenvalue weighted by Gasteiger charge is -2.17. The standard InChI is InChI=1S/C7H10O5/c1-3-7(2,6(11)12)4(8)5(9)10/h3H2,1-2H3,(H,9,10)(H,11,12). The van der Waals surface area contributed by atoms with Gasteiger partial charge in [-0.05, 0) is 13.3 Å². The second-order valence-corrected chi connectivity index (χ2v) is 2.63. The Hall–Kier alpha value is -1.39. The van der Waals surface area contributed by atoms with E-state index in [0.29, 0.717) is 0 Å². The van der Waals surface area contributed by atoms with Crippen LogP contribution >= 0.6 is 0 Å². The minimum Gasteiger partial charge on any atom is -0.480 e. The second-order valence-electron chi connectivity index (χ2n) is 2.63. The summed E-state index contributed by atoms with van der Waals surface area (Å²) in [6.45, 7) is 2.56. The fourth-order valence-corrected chi connectivity index (χ4v) is 0.645. The third-order valence-corrected chi connectivity index (χ3v) is 1.87. The highest BCUT2D eigenvalue weighted by Gasteiger charge is 2.43. The summed E-state index contributed by atoms with van der Waals surface area (Å²) in [5, 5.41) is 16.9. The largest absolute Gasteiger partial charge is 0.480 e. The van der Waals surface area contributed by atoms with Crippen LogP contribution in [0.3, 0.4) is 0 Å². The van der Waals surface area contributed by atoms with Gasteiger partial charge in [0.2, 0.25) is 0 Å². The second kappa shape index (κ2) is 3.34. The number of aliphatic carboxylic acids is 2. The summed E-state index contributed by atoms with van der Waals surface area (Å²) in [7, 11) is 0. The monoisotopic (exact) mass is 174 g/mol. The number of hydrogen-bond acceptors (Lipinski definition) is 3. The van der Waals surface area contributed by atoms with E-state index in [9.17, 15) is 14.4 Å². The zero-order chi connectivity index (χ0) is 9.94. The maximum Gasteiger partial charge on any atom is 0.373 e. The molecule has 0 saturated heterocycles. The summed E-state index contributed by atoms with van der Waals surface area (Å²) in [5.41, 5.74) is -1.80. The van der Waals surface area contributed by atoms with Crippen molar-refractivity contribution < 1.29 is 24.6 Å². The van der Waals surface area contributed by atoms with E-state index in [2.05, 4.69) is 0 Å². The number of carboxylic acids is 2. The topological polar surface area (TPSA) is 91.7 Å². The van der Waals surface area contributed by atoms with Crippen molar-refractivity contribution in [1.29, 1.82) is 0 Å². The van der Waals surface area contributed by atoms with Gasteiger partial charge in [-0.25, -0.2) is 4.79 Å². The molecular weight excluding hydrogens is 164 g/mol. The summed E-state index contributed by atoms with van der Waals surface area (Å²) < 4.78 is 0. The first kappa shape index (κ1) is 10.6. The summed E-state index contributed by atoms with van der Waals surface area (Å²) in [5.74, 6) is -4.39. The van der Waals surface area contributed by atoms with Crippen LogP contribution in [0.1, 0.15) is 20.3 Å². The van der Waals surface area contributed by atoms with Crippen LogP contribution in [0.2, 0.25) is 0 Å². The van der Waals surface area contributed by atoms with E-state index in [1.807, 2.05) is 0 Å². The molecule has 0 aromatic rings. The summed E-state index contributed by atoms with van der Waals surface area (Å²) >= 11 is 0. The van der Waals surface area contributed by atoms with Crippen LogP contribution in [0, 0.1) is 5.41 Å². The highest BCUT2D eigenvalue weighted by Crippen LogP contribution is 2.22. The van der Waals surface area contributed by atoms with Crippen LogP contribution < -0.4 is 0 Å². The zero-order valence-corrected chi connectivity index (χ0v) is 6.83. The average Bonchev–Trinajstić information content (AvgIpc) is 2.01. The first-order valence-corrected chi connectivity index (χ1v) is 3.37. The van der Waals surface area contributed by atoms with Gasteiger partial charge < -0.3 is 10.2 Å². The molecule has 1 atom stereocenters. The van der Waals surface area contributed by atoms with E-state index < -0.39 is 23.1 Å². The van der Waals surface area contributed by atoms with Gasteiger partial charge in [0.25, 0.3) is 5.78 Å².